The summed E-state index contributed by atoms with van der Waals surface area (Å²) in [7, 11) is 1.50. The van der Waals surface area contributed by atoms with Gasteiger partial charge in [0, 0.05) is 25.3 Å². The smallest absolute Gasteiger partial charge is 0.0458 e. The first kappa shape index (κ1) is 10.5. The van der Waals surface area contributed by atoms with E-state index in [9.17, 15) is 0 Å². The maximum Gasteiger partial charge on any atom is 0.0458 e. The summed E-state index contributed by atoms with van der Waals surface area (Å²) in [5.74, 6) is 5.67. The maximum atomic E-state index is 5.67. The zero-order valence-electron chi connectivity index (χ0n) is 8.29. The summed E-state index contributed by atoms with van der Waals surface area (Å²) < 4.78 is 0. The lowest BCUT2D eigenvalue weighted by molar-refractivity contribution is -0.0189. The van der Waals surface area contributed by atoms with Gasteiger partial charge in [0.25, 0.3) is 0 Å². The minimum atomic E-state index is 0.551. The van der Waals surface area contributed by atoms with Gasteiger partial charge in [0.1, 0.15) is 0 Å². The summed E-state index contributed by atoms with van der Waals surface area (Å²) in [6.07, 6.45) is 4.19. The molecule has 0 aromatic carbocycles. The van der Waals surface area contributed by atoms with Gasteiger partial charge in [-0.15, -0.1) is 0 Å². The number of hydrogen-bond acceptors (Lipinski definition) is 4. The highest BCUT2D eigenvalue weighted by molar-refractivity contribution is 5.06. The Balaban J connectivity index is 0.000000396. The molecule has 2 fully saturated rings. The lowest BCUT2D eigenvalue weighted by atomic mass is 9.61. The van der Waals surface area contributed by atoms with E-state index in [2.05, 4.69) is 17.6 Å². The average molecular weight is 184 g/mol. The fourth-order valence-corrected chi connectivity index (χ4v) is 2.07. The SMILES string of the molecule is C=CN(N)C1CC2(CNC2)C1.CN. The number of nitrogens with two attached hydrogens (primary N) is 2. The highest BCUT2D eigenvalue weighted by Gasteiger charge is 2.49. The van der Waals surface area contributed by atoms with E-state index in [-0.39, 0.29) is 0 Å². The van der Waals surface area contributed by atoms with Crippen molar-refractivity contribution in [3.8, 4) is 0 Å². The normalized spacial score (nSPS) is 23.6. The molecule has 4 nitrogen and oxygen atoms in total. The van der Waals surface area contributed by atoms with Crippen LogP contribution in [0.25, 0.3) is 0 Å². The number of nitrogens with zero attached hydrogens (tertiary/aromatic N) is 1. The average Bonchev–Trinajstić information content (AvgIpc) is 2.03. The predicted octanol–water partition coefficient (Wildman–Crippen LogP) is -0.367. The highest BCUT2D eigenvalue weighted by atomic mass is 15.4. The van der Waals surface area contributed by atoms with Gasteiger partial charge in [-0.05, 0) is 25.3 Å². The van der Waals surface area contributed by atoms with Crippen molar-refractivity contribution in [3.05, 3.63) is 12.8 Å². The summed E-state index contributed by atoms with van der Waals surface area (Å²) >= 11 is 0. The Hall–Kier alpha value is -0.580. The van der Waals surface area contributed by atoms with E-state index in [0.29, 0.717) is 11.5 Å². The number of hydrazine groups is 1. The molecule has 13 heavy (non-hydrogen) atoms. The van der Waals surface area contributed by atoms with Crippen LogP contribution in [0.15, 0.2) is 12.8 Å². The third-order valence-corrected chi connectivity index (χ3v) is 2.97. The topological polar surface area (TPSA) is 67.3 Å². The van der Waals surface area contributed by atoms with Crippen molar-refractivity contribution in [1.29, 1.82) is 0 Å². The van der Waals surface area contributed by atoms with Gasteiger partial charge >= 0.3 is 0 Å². The minimum absolute atomic E-state index is 0.551. The molecule has 0 unspecified atom stereocenters. The summed E-state index contributed by atoms with van der Waals surface area (Å²) in [5, 5.41) is 5.04. The molecule has 5 N–H and O–H groups in total. The van der Waals surface area contributed by atoms with Crippen molar-refractivity contribution in [2.24, 2.45) is 17.0 Å². The third kappa shape index (κ3) is 1.85. The van der Waals surface area contributed by atoms with Gasteiger partial charge in [0.05, 0.1) is 0 Å². The van der Waals surface area contributed by atoms with Gasteiger partial charge < -0.3 is 16.1 Å². The fourth-order valence-electron chi connectivity index (χ4n) is 2.07. The molecule has 1 spiro atoms. The van der Waals surface area contributed by atoms with Crippen molar-refractivity contribution in [2.45, 2.75) is 18.9 Å². The van der Waals surface area contributed by atoms with Gasteiger partial charge in [0.15, 0.2) is 0 Å². The van der Waals surface area contributed by atoms with E-state index in [4.69, 9.17) is 5.84 Å². The molecule has 2 aliphatic rings. The van der Waals surface area contributed by atoms with Crippen molar-refractivity contribution in [1.82, 2.24) is 10.3 Å². The Bertz CT molecular complexity index is 168. The molecule has 1 aliphatic carbocycles. The molecule has 0 bridgehead atoms. The zero-order chi connectivity index (χ0) is 9.90. The van der Waals surface area contributed by atoms with E-state index < -0.39 is 0 Å². The van der Waals surface area contributed by atoms with Crippen LogP contribution >= 0.6 is 0 Å². The second-order valence-corrected chi connectivity index (χ2v) is 3.80. The summed E-state index contributed by atoms with van der Waals surface area (Å²) in [6, 6.07) is 0.551. The van der Waals surface area contributed by atoms with Crippen LogP contribution in [0.2, 0.25) is 0 Å². The van der Waals surface area contributed by atoms with E-state index in [0.717, 1.165) is 0 Å². The van der Waals surface area contributed by atoms with E-state index >= 15 is 0 Å². The van der Waals surface area contributed by atoms with E-state index in [1.54, 1.807) is 11.2 Å². The molecular formula is C9H20N4. The molecule has 0 aromatic rings. The third-order valence-electron chi connectivity index (χ3n) is 2.97. The Kier molecular flexibility index (Phi) is 3.30. The second-order valence-electron chi connectivity index (χ2n) is 3.80. The van der Waals surface area contributed by atoms with Gasteiger partial charge in [-0.3, -0.25) is 0 Å². The molecule has 1 saturated heterocycles. The number of rotatable bonds is 2. The lowest BCUT2D eigenvalue weighted by Gasteiger charge is -2.56. The monoisotopic (exact) mass is 184 g/mol. The Morgan fingerprint density at radius 1 is 1.46 bits per heavy atom. The molecular weight excluding hydrogens is 164 g/mol. The Morgan fingerprint density at radius 3 is 2.31 bits per heavy atom. The zero-order valence-corrected chi connectivity index (χ0v) is 8.29. The first-order chi connectivity index (χ1) is 6.26. The quantitative estimate of drug-likeness (QED) is 0.405. The first-order valence-corrected chi connectivity index (χ1v) is 4.70. The first-order valence-electron chi connectivity index (χ1n) is 4.70. The van der Waals surface area contributed by atoms with E-state index in [1.807, 2.05) is 0 Å². The standard InChI is InChI=1S/C8H15N3.CH5N/c1-2-11(9)7-3-8(4-7)5-10-6-8;1-2/h2,7,10H,1,3-6,9H2;2H2,1H3. The molecule has 0 aromatic heterocycles. The van der Waals surface area contributed by atoms with Crippen LogP contribution in [-0.2, 0) is 0 Å². The summed E-state index contributed by atoms with van der Waals surface area (Å²) in [5.41, 5.74) is 5.12. The maximum absolute atomic E-state index is 5.67. The van der Waals surface area contributed by atoms with Crippen LogP contribution < -0.4 is 16.9 Å². The Labute approximate surface area is 79.9 Å². The summed E-state index contributed by atoms with van der Waals surface area (Å²) in [6.45, 7) is 6.02. The molecule has 1 heterocycles. The van der Waals surface area contributed by atoms with Crippen LogP contribution in [0.4, 0.5) is 0 Å². The predicted molar refractivity (Wildman–Crippen MR) is 54.7 cm³/mol. The van der Waals surface area contributed by atoms with Crippen LogP contribution in [0, 0.1) is 5.41 Å². The minimum Gasteiger partial charge on any atom is -0.333 e. The molecule has 0 atom stereocenters. The lowest BCUT2D eigenvalue weighted by Crippen LogP contribution is -2.65. The van der Waals surface area contributed by atoms with Gasteiger partial charge in [-0.1, -0.05) is 6.58 Å². The van der Waals surface area contributed by atoms with Crippen molar-refractivity contribution in [2.75, 3.05) is 20.1 Å². The van der Waals surface area contributed by atoms with Crippen LogP contribution in [0.1, 0.15) is 12.8 Å². The van der Waals surface area contributed by atoms with Crippen molar-refractivity contribution in [3.63, 3.8) is 0 Å². The summed E-state index contributed by atoms with van der Waals surface area (Å²) in [4.78, 5) is 0. The Morgan fingerprint density at radius 2 is 2.00 bits per heavy atom. The van der Waals surface area contributed by atoms with E-state index in [1.165, 1.54) is 33.0 Å². The molecule has 4 heteroatoms. The second kappa shape index (κ2) is 4.09. The number of hydrogen-bond donors (Lipinski definition) is 3. The molecule has 2 rings (SSSR count). The molecule has 76 valence electrons. The molecule has 0 amide bonds. The number of nitrogens with one attached hydrogen (secondary N) is 1. The molecule has 0 radical (unpaired) electrons. The van der Waals surface area contributed by atoms with Crippen LogP contribution in [0.3, 0.4) is 0 Å². The van der Waals surface area contributed by atoms with Crippen LogP contribution in [0.5, 0.6) is 0 Å². The van der Waals surface area contributed by atoms with Gasteiger partial charge in [-0.25, -0.2) is 5.84 Å². The molecule has 1 aliphatic heterocycles. The van der Waals surface area contributed by atoms with Crippen LogP contribution in [-0.4, -0.2) is 31.2 Å². The largest absolute Gasteiger partial charge is 0.333 e. The molecule has 1 saturated carbocycles. The fraction of sp³-hybridized carbons (Fsp3) is 0.778. The van der Waals surface area contributed by atoms with Crippen molar-refractivity contribution >= 4 is 0 Å². The van der Waals surface area contributed by atoms with Gasteiger partial charge in [0.2, 0.25) is 0 Å². The highest BCUT2D eigenvalue weighted by Crippen LogP contribution is 2.45. The van der Waals surface area contributed by atoms with Crippen molar-refractivity contribution < 1.29 is 0 Å². The van der Waals surface area contributed by atoms with Gasteiger partial charge in [-0.2, -0.15) is 0 Å².